The van der Waals surface area contributed by atoms with Crippen LogP contribution in [-0.2, 0) is 14.2 Å². The highest BCUT2D eigenvalue weighted by Crippen LogP contribution is 1.92. The Morgan fingerprint density at radius 1 is 1.57 bits per heavy atom. The molecular formula is C9H14O5. The first kappa shape index (κ1) is 12.8. The SMILES string of the molecule is C#CCOCC(C)OCCOC(=O)O. The van der Waals surface area contributed by atoms with Crippen LogP contribution in [0, 0.1) is 12.3 Å². The summed E-state index contributed by atoms with van der Waals surface area (Å²) >= 11 is 0. The highest BCUT2D eigenvalue weighted by molar-refractivity contribution is 5.56. The lowest BCUT2D eigenvalue weighted by Gasteiger charge is -2.11. The molecule has 0 aromatic carbocycles. The monoisotopic (exact) mass is 202 g/mol. The Hall–Kier alpha value is -1.25. The fourth-order valence-corrected chi connectivity index (χ4v) is 0.710. The second-order valence-electron chi connectivity index (χ2n) is 2.52. The zero-order valence-corrected chi connectivity index (χ0v) is 8.06. The molecule has 5 heteroatoms. The molecule has 0 aliphatic rings. The lowest BCUT2D eigenvalue weighted by atomic mass is 10.4. The summed E-state index contributed by atoms with van der Waals surface area (Å²) in [5.41, 5.74) is 0. The zero-order valence-electron chi connectivity index (χ0n) is 8.06. The van der Waals surface area contributed by atoms with Gasteiger partial charge in [-0.15, -0.1) is 6.42 Å². The zero-order chi connectivity index (χ0) is 10.8. The van der Waals surface area contributed by atoms with Gasteiger partial charge in [0, 0.05) is 0 Å². The van der Waals surface area contributed by atoms with E-state index < -0.39 is 6.16 Å². The number of hydrogen-bond acceptors (Lipinski definition) is 4. The average molecular weight is 202 g/mol. The summed E-state index contributed by atoms with van der Waals surface area (Å²) in [6.45, 7) is 2.68. The molecule has 0 aromatic rings. The molecule has 80 valence electrons. The lowest BCUT2D eigenvalue weighted by Crippen LogP contribution is -2.19. The summed E-state index contributed by atoms with van der Waals surface area (Å²) in [5, 5.41) is 8.13. The number of ether oxygens (including phenoxy) is 3. The van der Waals surface area contributed by atoms with E-state index in [2.05, 4.69) is 10.7 Å². The molecule has 14 heavy (non-hydrogen) atoms. The van der Waals surface area contributed by atoms with Gasteiger partial charge in [0.1, 0.15) is 13.2 Å². The number of terminal acetylenes is 1. The molecule has 0 aliphatic heterocycles. The van der Waals surface area contributed by atoms with Crippen LogP contribution in [-0.4, -0.2) is 43.8 Å². The van der Waals surface area contributed by atoms with Crippen molar-refractivity contribution in [2.75, 3.05) is 26.4 Å². The molecule has 0 fully saturated rings. The molecule has 0 aliphatic carbocycles. The smallest absolute Gasteiger partial charge is 0.450 e. The Bertz CT molecular complexity index is 196. The van der Waals surface area contributed by atoms with Crippen molar-refractivity contribution in [1.82, 2.24) is 0 Å². The molecule has 0 saturated carbocycles. The van der Waals surface area contributed by atoms with Gasteiger partial charge in [0.25, 0.3) is 0 Å². The van der Waals surface area contributed by atoms with Gasteiger partial charge in [-0.05, 0) is 6.92 Å². The van der Waals surface area contributed by atoms with Crippen molar-refractivity contribution >= 4 is 6.16 Å². The maximum absolute atomic E-state index is 9.93. The van der Waals surface area contributed by atoms with Crippen molar-refractivity contribution in [3.05, 3.63) is 0 Å². The summed E-state index contributed by atoms with van der Waals surface area (Å²) in [6, 6.07) is 0. The van der Waals surface area contributed by atoms with Crippen molar-refractivity contribution in [3.8, 4) is 12.3 Å². The van der Waals surface area contributed by atoms with Gasteiger partial charge in [0.15, 0.2) is 0 Å². The summed E-state index contributed by atoms with van der Waals surface area (Å²) in [7, 11) is 0. The van der Waals surface area contributed by atoms with Gasteiger partial charge in [0.05, 0.1) is 19.3 Å². The Balaban J connectivity index is 3.23. The van der Waals surface area contributed by atoms with Crippen LogP contribution in [0.25, 0.3) is 0 Å². The third-order valence-corrected chi connectivity index (χ3v) is 1.25. The first-order valence-electron chi connectivity index (χ1n) is 4.15. The van der Waals surface area contributed by atoms with E-state index in [1.165, 1.54) is 0 Å². The van der Waals surface area contributed by atoms with Crippen LogP contribution in [0.3, 0.4) is 0 Å². The molecule has 1 unspecified atom stereocenters. The molecule has 0 saturated heterocycles. The van der Waals surface area contributed by atoms with E-state index in [4.69, 9.17) is 21.0 Å². The van der Waals surface area contributed by atoms with Crippen LogP contribution in [0.15, 0.2) is 0 Å². The molecule has 1 N–H and O–H groups in total. The first-order chi connectivity index (χ1) is 6.66. The number of hydrogen-bond donors (Lipinski definition) is 1. The van der Waals surface area contributed by atoms with Gasteiger partial charge in [-0.1, -0.05) is 5.92 Å². The van der Waals surface area contributed by atoms with Crippen molar-refractivity contribution in [2.45, 2.75) is 13.0 Å². The summed E-state index contributed by atoms with van der Waals surface area (Å²) in [4.78, 5) is 9.93. The first-order valence-corrected chi connectivity index (χ1v) is 4.15. The third-order valence-electron chi connectivity index (χ3n) is 1.25. The largest absolute Gasteiger partial charge is 0.505 e. The Kier molecular flexibility index (Phi) is 7.61. The minimum absolute atomic E-state index is 0.0226. The quantitative estimate of drug-likeness (QED) is 0.374. The second-order valence-corrected chi connectivity index (χ2v) is 2.52. The second kappa shape index (κ2) is 8.35. The van der Waals surface area contributed by atoms with Crippen LogP contribution >= 0.6 is 0 Å². The summed E-state index contributed by atoms with van der Waals surface area (Å²) < 4.78 is 14.4. The molecule has 5 nitrogen and oxygen atoms in total. The van der Waals surface area contributed by atoms with Crippen LogP contribution in [0.4, 0.5) is 4.79 Å². The fourth-order valence-electron chi connectivity index (χ4n) is 0.710. The van der Waals surface area contributed by atoms with Crippen molar-refractivity contribution < 1.29 is 24.1 Å². The van der Waals surface area contributed by atoms with Crippen LogP contribution in [0.1, 0.15) is 6.92 Å². The van der Waals surface area contributed by atoms with Gasteiger partial charge < -0.3 is 19.3 Å². The van der Waals surface area contributed by atoms with E-state index in [0.29, 0.717) is 6.61 Å². The lowest BCUT2D eigenvalue weighted by molar-refractivity contribution is -0.0192. The summed E-state index contributed by atoms with van der Waals surface area (Å²) in [5.74, 6) is 2.33. The van der Waals surface area contributed by atoms with Gasteiger partial charge in [-0.3, -0.25) is 0 Å². The van der Waals surface area contributed by atoms with E-state index >= 15 is 0 Å². The van der Waals surface area contributed by atoms with E-state index in [-0.39, 0.29) is 25.9 Å². The highest BCUT2D eigenvalue weighted by atomic mass is 16.7. The Labute approximate surface area is 83.0 Å². The minimum atomic E-state index is -1.30. The molecule has 0 rings (SSSR count). The molecule has 0 spiro atoms. The Morgan fingerprint density at radius 2 is 2.29 bits per heavy atom. The third kappa shape index (κ3) is 8.84. The average Bonchev–Trinajstić information content (AvgIpc) is 2.13. The van der Waals surface area contributed by atoms with Crippen LogP contribution < -0.4 is 0 Å². The van der Waals surface area contributed by atoms with Crippen molar-refractivity contribution in [3.63, 3.8) is 0 Å². The molecule has 1 atom stereocenters. The normalized spacial score (nSPS) is 11.7. The van der Waals surface area contributed by atoms with E-state index in [1.807, 2.05) is 0 Å². The number of carboxylic acid groups (broad SMARTS) is 1. The predicted molar refractivity (Wildman–Crippen MR) is 49.0 cm³/mol. The topological polar surface area (TPSA) is 65.0 Å². The van der Waals surface area contributed by atoms with Gasteiger partial charge in [0.2, 0.25) is 0 Å². The molecular weight excluding hydrogens is 188 g/mol. The molecule has 0 aromatic heterocycles. The standard InChI is InChI=1S/C9H14O5/c1-3-4-12-7-8(2)13-5-6-14-9(10)11/h1,8H,4-7H2,2H3,(H,10,11). The molecule has 0 bridgehead atoms. The minimum Gasteiger partial charge on any atom is -0.450 e. The van der Waals surface area contributed by atoms with E-state index in [0.717, 1.165) is 0 Å². The Morgan fingerprint density at radius 3 is 2.86 bits per heavy atom. The highest BCUT2D eigenvalue weighted by Gasteiger charge is 2.02. The number of carbonyl (C=O) groups is 1. The van der Waals surface area contributed by atoms with E-state index in [1.54, 1.807) is 6.92 Å². The fraction of sp³-hybridized carbons (Fsp3) is 0.667. The van der Waals surface area contributed by atoms with Gasteiger partial charge in [-0.25, -0.2) is 4.79 Å². The molecule has 0 radical (unpaired) electrons. The number of rotatable bonds is 7. The molecule has 0 amide bonds. The van der Waals surface area contributed by atoms with Gasteiger partial charge in [-0.2, -0.15) is 0 Å². The van der Waals surface area contributed by atoms with Crippen molar-refractivity contribution in [1.29, 1.82) is 0 Å². The maximum atomic E-state index is 9.93. The van der Waals surface area contributed by atoms with Gasteiger partial charge >= 0.3 is 6.16 Å². The maximum Gasteiger partial charge on any atom is 0.505 e. The summed E-state index contributed by atoms with van der Waals surface area (Å²) in [6.07, 6.45) is 3.54. The predicted octanol–water partition coefficient (Wildman–Crippen LogP) is 0.736. The van der Waals surface area contributed by atoms with Crippen molar-refractivity contribution in [2.24, 2.45) is 0 Å². The molecule has 0 heterocycles. The van der Waals surface area contributed by atoms with Crippen LogP contribution in [0.2, 0.25) is 0 Å². The van der Waals surface area contributed by atoms with Crippen LogP contribution in [0.5, 0.6) is 0 Å². The van der Waals surface area contributed by atoms with E-state index in [9.17, 15) is 4.79 Å².